The summed E-state index contributed by atoms with van der Waals surface area (Å²) in [5.41, 5.74) is 0. The van der Waals surface area contributed by atoms with E-state index in [1.165, 1.54) is 0 Å². The standard InChI is InChI=1S/ClH.2Na.H2O4S.H2O.2H/c;;;1-5(2,3)4;;;/h1H;;;(H2,1,2,3,4);1H2;;/q;2*+1;;;2*-1. The maximum atomic E-state index is 8.74. The molecule has 0 heterocycles. The van der Waals surface area contributed by atoms with Crippen LogP contribution in [-0.2, 0) is 10.4 Å². The normalized spacial score (nSPS) is 6.44. The molecule has 0 aliphatic rings. The first kappa shape index (κ1) is 30.4. The third-order valence-corrected chi connectivity index (χ3v) is 0. The molecule has 0 spiro atoms. The predicted molar refractivity (Wildman–Crippen MR) is 27.3 cm³/mol. The summed E-state index contributed by atoms with van der Waals surface area (Å²) in [6, 6.07) is 0. The van der Waals surface area contributed by atoms with Crippen molar-refractivity contribution < 1.29 is 85.0 Å². The Morgan fingerprint density at radius 1 is 1.11 bits per heavy atom. The zero-order chi connectivity index (χ0) is 4.50. The van der Waals surface area contributed by atoms with Crippen molar-refractivity contribution in [2.45, 2.75) is 0 Å². The van der Waals surface area contributed by atoms with E-state index in [-0.39, 0.29) is 79.9 Å². The van der Waals surface area contributed by atoms with Crippen LogP contribution in [0, 0.1) is 0 Å². The fourth-order valence-electron chi connectivity index (χ4n) is 0. The van der Waals surface area contributed by atoms with Gasteiger partial charge in [0.25, 0.3) is 0 Å². The Bertz CT molecular complexity index is 106. The summed E-state index contributed by atoms with van der Waals surface area (Å²) >= 11 is 0. The van der Waals surface area contributed by atoms with E-state index in [1.54, 1.807) is 0 Å². The first-order valence-electron chi connectivity index (χ1n) is 0.698. The second-order valence-electron chi connectivity index (χ2n) is 0.448. The van der Waals surface area contributed by atoms with E-state index in [0.717, 1.165) is 0 Å². The van der Waals surface area contributed by atoms with Crippen LogP contribution >= 0.6 is 12.4 Å². The Morgan fingerprint density at radius 3 is 1.11 bits per heavy atom. The molecule has 0 aliphatic carbocycles. The molecular formula is H7ClNa2O5S. The average molecular weight is 201 g/mol. The molecule has 0 aromatic carbocycles. The Hall–Kier alpha value is 2.12. The third-order valence-electron chi connectivity index (χ3n) is 0. The Balaban J connectivity index is -0.00000000533. The van der Waals surface area contributed by atoms with Gasteiger partial charge in [-0.3, -0.25) is 9.11 Å². The van der Waals surface area contributed by atoms with Gasteiger partial charge in [-0.25, -0.2) is 0 Å². The summed E-state index contributed by atoms with van der Waals surface area (Å²) in [6.07, 6.45) is 0. The number of rotatable bonds is 0. The van der Waals surface area contributed by atoms with Crippen molar-refractivity contribution in [1.82, 2.24) is 0 Å². The van der Waals surface area contributed by atoms with Gasteiger partial charge in [0.05, 0.1) is 0 Å². The molecule has 0 radical (unpaired) electrons. The Morgan fingerprint density at radius 2 is 1.11 bits per heavy atom. The van der Waals surface area contributed by atoms with Crippen LogP contribution in [0.2, 0.25) is 0 Å². The minimum absolute atomic E-state index is 0. The van der Waals surface area contributed by atoms with Crippen molar-refractivity contribution in [2.24, 2.45) is 0 Å². The van der Waals surface area contributed by atoms with Crippen molar-refractivity contribution in [3.63, 3.8) is 0 Å². The maximum absolute atomic E-state index is 8.74. The van der Waals surface area contributed by atoms with Crippen molar-refractivity contribution in [3.8, 4) is 0 Å². The van der Waals surface area contributed by atoms with Gasteiger partial charge in [-0.15, -0.1) is 12.4 Å². The quantitative estimate of drug-likeness (QED) is 0.299. The largest absolute Gasteiger partial charge is 1.00 e. The Labute approximate surface area is 106 Å². The summed E-state index contributed by atoms with van der Waals surface area (Å²) in [4.78, 5) is 0. The molecule has 0 saturated carbocycles. The van der Waals surface area contributed by atoms with Gasteiger partial charge in [-0.1, -0.05) is 0 Å². The van der Waals surface area contributed by atoms with Crippen LogP contribution < -0.4 is 59.1 Å². The fourth-order valence-corrected chi connectivity index (χ4v) is 0. The minimum Gasteiger partial charge on any atom is -1.00 e. The zero-order valence-electron chi connectivity index (χ0n) is 7.03. The van der Waals surface area contributed by atoms with Crippen LogP contribution in [0.15, 0.2) is 0 Å². The van der Waals surface area contributed by atoms with E-state index < -0.39 is 10.4 Å². The molecule has 0 unspecified atom stereocenters. The van der Waals surface area contributed by atoms with Crippen molar-refractivity contribution in [2.75, 3.05) is 0 Å². The van der Waals surface area contributed by atoms with Crippen LogP contribution in [0.3, 0.4) is 0 Å². The van der Waals surface area contributed by atoms with Crippen molar-refractivity contribution in [1.29, 1.82) is 0 Å². The molecule has 52 valence electrons. The molecule has 9 heavy (non-hydrogen) atoms. The molecule has 0 atom stereocenters. The van der Waals surface area contributed by atoms with Crippen LogP contribution in [0.4, 0.5) is 0 Å². The summed E-state index contributed by atoms with van der Waals surface area (Å²) in [7, 11) is -4.67. The SMILES string of the molecule is Cl.O.O=S(=O)(O)O.[H-].[H-].[Na+].[Na+]. The molecule has 4 N–H and O–H groups in total. The molecule has 0 amide bonds. The molecule has 0 aliphatic heterocycles. The van der Waals surface area contributed by atoms with Gasteiger partial charge in [-0.2, -0.15) is 8.42 Å². The van der Waals surface area contributed by atoms with E-state index in [9.17, 15) is 0 Å². The Kier molecular flexibility index (Phi) is 43.1. The minimum atomic E-state index is -4.67. The van der Waals surface area contributed by atoms with E-state index in [2.05, 4.69) is 0 Å². The maximum Gasteiger partial charge on any atom is 1.00 e. The second-order valence-corrected chi connectivity index (χ2v) is 1.34. The smallest absolute Gasteiger partial charge is 1.00 e. The van der Waals surface area contributed by atoms with Gasteiger partial charge >= 0.3 is 69.5 Å². The topological polar surface area (TPSA) is 106 Å². The van der Waals surface area contributed by atoms with Gasteiger partial charge in [0.2, 0.25) is 0 Å². The average Bonchev–Trinajstić information content (AvgIpc) is 0.722. The van der Waals surface area contributed by atoms with Gasteiger partial charge in [0.1, 0.15) is 0 Å². The van der Waals surface area contributed by atoms with Crippen LogP contribution in [-0.4, -0.2) is 23.0 Å². The molecular weight excluding hydrogens is 193 g/mol. The van der Waals surface area contributed by atoms with Crippen LogP contribution in [0.5, 0.6) is 0 Å². The molecule has 0 bridgehead atoms. The molecule has 0 rings (SSSR count). The fraction of sp³-hybridized carbons (Fsp3) is 0. The van der Waals surface area contributed by atoms with Gasteiger partial charge in [-0.05, 0) is 0 Å². The predicted octanol–water partition coefficient (Wildman–Crippen LogP) is -6.82. The van der Waals surface area contributed by atoms with E-state index in [0.29, 0.717) is 0 Å². The monoisotopic (exact) mass is 200 g/mol. The van der Waals surface area contributed by atoms with Crippen molar-refractivity contribution in [3.05, 3.63) is 0 Å². The van der Waals surface area contributed by atoms with Crippen LogP contribution in [0.1, 0.15) is 2.85 Å². The molecule has 0 aromatic rings. The molecule has 0 fully saturated rings. The van der Waals surface area contributed by atoms with E-state index >= 15 is 0 Å². The number of halogens is 1. The molecule has 0 saturated heterocycles. The van der Waals surface area contributed by atoms with E-state index in [1.807, 2.05) is 0 Å². The van der Waals surface area contributed by atoms with Crippen LogP contribution in [0.25, 0.3) is 0 Å². The van der Waals surface area contributed by atoms with Gasteiger partial charge in [0.15, 0.2) is 0 Å². The van der Waals surface area contributed by atoms with E-state index in [4.69, 9.17) is 17.5 Å². The first-order chi connectivity index (χ1) is 2.00. The van der Waals surface area contributed by atoms with Gasteiger partial charge < -0.3 is 8.33 Å². The summed E-state index contributed by atoms with van der Waals surface area (Å²) < 4.78 is 31.6. The van der Waals surface area contributed by atoms with Gasteiger partial charge in [0, 0.05) is 0 Å². The number of hydrogen-bond acceptors (Lipinski definition) is 2. The summed E-state index contributed by atoms with van der Waals surface area (Å²) in [5.74, 6) is 0. The zero-order valence-corrected chi connectivity index (χ0v) is 10.7. The summed E-state index contributed by atoms with van der Waals surface area (Å²) in [5, 5.41) is 0. The van der Waals surface area contributed by atoms with Crippen molar-refractivity contribution >= 4 is 22.8 Å². The summed E-state index contributed by atoms with van der Waals surface area (Å²) in [6.45, 7) is 0. The number of hydrogen-bond donors (Lipinski definition) is 2. The second kappa shape index (κ2) is 12.8. The third kappa shape index (κ3) is 148. The first-order valence-corrected chi connectivity index (χ1v) is 2.10. The molecule has 5 nitrogen and oxygen atoms in total. The molecule has 0 aromatic heterocycles. The molecule has 9 heteroatoms.